The Morgan fingerprint density at radius 3 is 3.05 bits per heavy atom. The van der Waals surface area contributed by atoms with Crippen molar-refractivity contribution in [3.8, 4) is 11.5 Å². The second kappa shape index (κ2) is 4.96. The molecular formula is C14H18N4O2. The molecule has 0 saturated carbocycles. The Hall–Kier alpha value is -1.79. The molecule has 3 heterocycles. The van der Waals surface area contributed by atoms with Gasteiger partial charge < -0.3 is 15.0 Å². The molecule has 20 heavy (non-hydrogen) atoms. The predicted octanol–water partition coefficient (Wildman–Crippen LogP) is 1.31. The highest BCUT2D eigenvalue weighted by atomic mass is 16.5. The number of pyridine rings is 1. The van der Waals surface area contributed by atoms with Crippen LogP contribution in [0.3, 0.4) is 0 Å². The van der Waals surface area contributed by atoms with Crippen LogP contribution in [0.2, 0.25) is 0 Å². The van der Waals surface area contributed by atoms with Gasteiger partial charge in [0.25, 0.3) is 0 Å². The molecule has 2 aromatic heterocycles. The number of ether oxygens (including phenoxy) is 1. The van der Waals surface area contributed by atoms with Crippen molar-refractivity contribution in [2.24, 2.45) is 5.73 Å². The lowest BCUT2D eigenvalue weighted by molar-refractivity contribution is 0.169. The SMILES string of the molecule is CCc1cccnc1-c1noc(C2(C)COCC2N)n1. The molecule has 2 atom stereocenters. The monoisotopic (exact) mass is 274 g/mol. The molecule has 0 radical (unpaired) electrons. The van der Waals surface area contributed by atoms with Crippen molar-refractivity contribution in [1.29, 1.82) is 0 Å². The van der Waals surface area contributed by atoms with E-state index in [1.165, 1.54) is 0 Å². The van der Waals surface area contributed by atoms with Crippen molar-refractivity contribution in [2.75, 3.05) is 13.2 Å². The Labute approximate surface area is 117 Å². The van der Waals surface area contributed by atoms with Gasteiger partial charge in [-0.2, -0.15) is 4.98 Å². The van der Waals surface area contributed by atoms with Gasteiger partial charge in [-0.15, -0.1) is 0 Å². The molecule has 6 heteroatoms. The summed E-state index contributed by atoms with van der Waals surface area (Å²) in [5, 5.41) is 4.06. The zero-order valence-electron chi connectivity index (χ0n) is 11.7. The third-order valence-electron chi connectivity index (χ3n) is 3.92. The van der Waals surface area contributed by atoms with Crippen molar-refractivity contribution in [2.45, 2.75) is 31.7 Å². The molecule has 2 aromatic rings. The number of nitrogens with zero attached hydrogens (tertiary/aromatic N) is 3. The van der Waals surface area contributed by atoms with Crippen LogP contribution < -0.4 is 5.73 Å². The van der Waals surface area contributed by atoms with Crippen LogP contribution in [0, 0.1) is 0 Å². The fourth-order valence-corrected chi connectivity index (χ4v) is 2.39. The van der Waals surface area contributed by atoms with Crippen LogP contribution in [0.4, 0.5) is 0 Å². The van der Waals surface area contributed by atoms with E-state index in [0.717, 1.165) is 17.7 Å². The van der Waals surface area contributed by atoms with Crippen LogP contribution >= 0.6 is 0 Å². The van der Waals surface area contributed by atoms with Crippen LogP contribution in [-0.2, 0) is 16.6 Å². The Morgan fingerprint density at radius 1 is 1.50 bits per heavy atom. The average molecular weight is 274 g/mol. The first-order valence-electron chi connectivity index (χ1n) is 6.77. The van der Waals surface area contributed by atoms with Crippen LogP contribution in [0.1, 0.15) is 25.3 Å². The lowest BCUT2D eigenvalue weighted by Crippen LogP contribution is -2.42. The quantitative estimate of drug-likeness (QED) is 0.908. The minimum atomic E-state index is -0.424. The zero-order valence-corrected chi connectivity index (χ0v) is 11.7. The predicted molar refractivity (Wildman–Crippen MR) is 73.1 cm³/mol. The second-order valence-corrected chi connectivity index (χ2v) is 5.33. The first-order chi connectivity index (χ1) is 9.65. The summed E-state index contributed by atoms with van der Waals surface area (Å²) in [4.78, 5) is 8.85. The van der Waals surface area contributed by atoms with Gasteiger partial charge in [-0.3, -0.25) is 4.98 Å². The maximum absolute atomic E-state index is 6.08. The lowest BCUT2D eigenvalue weighted by Gasteiger charge is -2.21. The van der Waals surface area contributed by atoms with Crippen molar-refractivity contribution in [3.05, 3.63) is 29.8 Å². The summed E-state index contributed by atoms with van der Waals surface area (Å²) in [6.45, 7) is 5.07. The summed E-state index contributed by atoms with van der Waals surface area (Å²) in [5.74, 6) is 1.03. The summed E-state index contributed by atoms with van der Waals surface area (Å²) in [7, 11) is 0. The number of aryl methyl sites for hydroxylation is 1. The molecular weight excluding hydrogens is 256 g/mol. The molecule has 0 aliphatic carbocycles. The van der Waals surface area contributed by atoms with E-state index in [2.05, 4.69) is 22.0 Å². The van der Waals surface area contributed by atoms with E-state index < -0.39 is 5.41 Å². The molecule has 106 valence electrons. The normalized spacial score (nSPS) is 26.1. The van der Waals surface area contributed by atoms with Gasteiger partial charge in [-0.1, -0.05) is 18.1 Å². The Balaban J connectivity index is 1.98. The molecule has 1 fully saturated rings. The molecule has 0 amide bonds. The third-order valence-corrected chi connectivity index (χ3v) is 3.92. The summed E-state index contributed by atoms with van der Waals surface area (Å²) in [6, 6.07) is 3.79. The van der Waals surface area contributed by atoms with Gasteiger partial charge in [0.1, 0.15) is 5.69 Å². The molecule has 1 aliphatic heterocycles. The van der Waals surface area contributed by atoms with Crippen LogP contribution in [0.5, 0.6) is 0 Å². The summed E-state index contributed by atoms with van der Waals surface area (Å²) >= 11 is 0. The van der Waals surface area contributed by atoms with Crippen LogP contribution in [-0.4, -0.2) is 34.4 Å². The molecule has 2 N–H and O–H groups in total. The molecule has 0 bridgehead atoms. The van der Waals surface area contributed by atoms with Gasteiger partial charge >= 0.3 is 0 Å². The van der Waals surface area contributed by atoms with Crippen molar-refractivity contribution >= 4 is 0 Å². The highest BCUT2D eigenvalue weighted by Crippen LogP contribution is 2.32. The maximum atomic E-state index is 6.08. The Kier molecular flexibility index (Phi) is 3.27. The van der Waals surface area contributed by atoms with Gasteiger partial charge in [0.15, 0.2) is 0 Å². The zero-order chi connectivity index (χ0) is 14.2. The molecule has 3 rings (SSSR count). The van der Waals surface area contributed by atoms with Gasteiger partial charge in [-0.05, 0) is 25.0 Å². The van der Waals surface area contributed by atoms with E-state index >= 15 is 0 Å². The van der Waals surface area contributed by atoms with E-state index in [-0.39, 0.29) is 6.04 Å². The van der Waals surface area contributed by atoms with Crippen LogP contribution in [0.25, 0.3) is 11.5 Å². The third kappa shape index (κ3) is 2.01. The van der Waals surface area contributed by atoms with Crippen LogP contribution in [0.15, 0.2) is 22.9 Å². The highest BCUT2D eigenvalue weighted by Gasteiger charge is 2.44. The molecule has 6 nitrogen and oxygen atoms in total. The fraction of sp³-hybridized carbons (Fsp3) is 0.500. The van der Waals surface area contributed by atoms with Crippen molar-refractivity contribution < 1.29 is 9.26 Å². The molecule has 2 unspecified atom stereocenters. The molecule has 1 saturated heterocycles. The first-order valence-corrected chi connectivity index (χ1v) is 6.77. The second-order valence-electron chi connectivity index (χ2n) is 5.33. The number of hydrogen-bond donors (Lipinski definition) is 1. The average Bonchev–Trinajstić information content (AvgIpc) is 3.08. The summed E-state index contributed by atoms with van der Waals surface area (Å²) < 4.78 is 10.8. The maximum Gasteiger partial charge on any atom is 0.236 e. The minimum Gasteiger partial charge on any atom is -0.379 e. The number of nitrogens with two attached hydrogens (primary N) is 1. The van der Waals surface area contributed by atoms with Crippen molar-refractivity contribution in [3.63, 3.8) is 0 Å². The number of hydrogen-bond acceptors (Lipinski definition) is 6. The van der Waals surface area contributed by atoms with E-state index in [9.17, 15) is 0 Å². The van der Waals surface area contributed by atoms with E-state index in [1.54, 1.807) is 6.20 Å². The summed E-state index contributed by atoms with van der Waals surface area (Å²) in [5.41, 5.74) is 7.52. The Morgan fingerprint density at radius 2 is 2.35 bits per heavy atom. The largest absolute Gasteiger partial charge is 0.379 e. The first kappa shape index (κ1) is 13.2. The minimum absolute atomic E-state index is 0.134. The number of aromatic nitrogens is 3. The van der Waals surface area contributed by atoms with Gasteiger partial charge in [-0.25, -0.2) is 0 Å². The molecule has 1 aliphatic rings. The lowest BCUT2D eigenvalue weighted by atomic mass is 9.86. The molecule has 0 spiro atoms. The topological polar surface area (TPSA) is 87.1 Å². The summed E-state index contributed by atoms with van der Waals surface area (Å²) in [6.07, 6.45) is 2.60. The van der Waals surface area contributed by atoms with E-state index in [0.29, 0.717) is 24.9 Å². The fourth-order valence-electron chi connectivity index (χ4n) is 2.39. The smallest absolute Gasteiger partial charge is 0.236 e. The van der Waals surface area contributed by atoms with Gasteiger partial charge in [0.2, 0.25) is 11.7 Å². The van der Waals surface area contributed by atoms with Gasteiger partial charge in [0, 0.05) is 12.2 Å². The van der Waals surface area contributed by atoms with E-state index in [1.807, 2.05) is 19.1 Å². The molecule has 0 aromatic carbocycles. The van der Waals surface area contributed by atoms with Crippen molar-refractivity contribution in [1.82, 2.24) is 15.1 Å². The Bertz CT molecular complexity index is 613. The number of rotatable bonds is 3. The standard InChI is InChI=1S/C14H18N4O2/c1-3-9-5-4-6-16-11(9)12-17-13(20-18-12)14(2)8-19-7-10(14)15/h4-6,10H,3,7-8,15H2,1-2H3. The highest BCUT2D eigenvalue weighted by molar-refractivity contribution is 5.54. The van der Waals surface area contributed by atoms with Gasteiger partial charge in [0.05, 0.1) is 18.6 Å². The van der Waals surface area contributed by atoms with E-state index in [4.69, 9.17) is 15.0 Å².